The number of nitro groups is 1. The third-order valence-corrected chi connectivity index (χ3v) is 3.98. The fourth-order valence-electron chi connectivity index (χ4n) is 2.72. The minimum atomic E-state index is -0.479. The van der Waals surface area contributed by atoms with Gasteiger partial charge in [0.25, 0.3) is 5.69 Å². The van der Waals surface area contributed by atoms with Gasteiger partial charge in [-0.1, -0.05) is 24.3 Å². The SMILES string of the molecule is CCOc1ccc(C(C)NC(=O)Cc2ccccc2[N+](=O)[O-])cc1OCC. The Morgan fingerprint density at radius 2 is 1.78 bits per heavy atom. The summed E-state index contributed by atoms with van der Waals surface area (Å²) in [6.07, 6.45) is -0.0587. The third kappa shape index (κ3) is 5.44. The Balaban J connectivity index is 2.10. The van der Waals surface area contributed by atoms with Gasteiger partial charge in [0.05, 0.1) is 30.6 Å². The Bertz CT molecular complexity index is 807. The minimum Gasteiger partial charge on any atom is -0.490 e. The number of nitro benzene ring substituents is 1. The van der Waals surface area contributed by atoms with Gasteiger partial charge in [0.15, 0.2) is 11.5 Å². The van der Waals surface area contributed by atoms with Crippen LogP contribution in [0.15, 0.2) is 42.5 Å². The molecule has 0 bridgehead atoms. The number of nitrogens with zero attached hydrogens (tertiary/aromatic N) is 1. The van der Waals surface area contributed by atoms with Crippen molar-refractivity contribution < 1.29 is 19.2 Å². The molecule has 0 aromatic heterocycles. The van der Waals surface area contributed by atoms with Crippen LogP contribution in [-0.2, 0) is 11.2 Å². The van der Waals surface area contributed by atoms with Gasteiger partial charge in [0, 0.05) is 11.6 Å². The molecule has 27 heavy (non-hydrogen) atoms. The summed E-state index contributed by atoms with van der Waals surface area (Å²) >= 11 is 0. The zero-order valence-electron chi connectivity index (χ0n) is 15.7. The Morgan fingerprint density at radius 3 is 2.44 bits per heavy atom. The van der Waals surface area contributed by atoms with Crippen molar-refractivity contribution in [1.29, 1.82) is 0 Å². The van der Waals surface area contributed by atoms with E-state index < -0.39 is 4.92 Å². The number of ether oxygens (including phenoxy) is 2. The summed E-state index contributed by atoms with van der Waals surface area (Å²) in [5.41, 5.74) is 1.19. The van der Waals surface area contributed by atoms with Gasteiger partial charge >= 0.3 is 0 Å². The molecule has 2 aromatic carbocycles. The third-order valence-electron chi connectivity index (χ3n) is 3.98. The molecule has 0 aliphatic carbocycles. The van der Waals surface area contributed by atoms with Gasteiger partial charge < -0.3 is 14.8 Å². The number of hydrogen-bond donors (Lipinski definition) is 1. The highest BCUT2D eigenvalue weighted by atomic mass is 16.6. The highest BCUT2D eigenvalue weighted by molar-refractivity contribution is 5.80. The summed E-state index contributed by atoms with van der Waals surface area (Å²) in [4.78, 5) is 23.0. The minimum absolute atomic E-state index is 0.0556. The maximum absolute atomic E-state index is 12.4. The first-order valence-corrected chi connectivity index (χ1v) is 8.87. The van der Waals surface area contributed by atoms with Crippen molar-refractivity contribution in [3.05, 3.63) is 63.7 Å². The Kier molecular flexibility index (Phi) is 7.16. The van der Waals surface area contributed by atoms with Crippen LogP contribution in [0.2, 0.25) is 0 Å². The molecule has 7 nitrogen and oxygen atoms in total. The fourth-order valence-corrected chi connectivity index (χ4v) is 2.72. The normalized spacial score (nSPS) is 11.5. The highest BCUT2D eigenvalue weighted by Crippen LogP contribution is 2.30. The van der Waals surface area contributed by atoms with Crippen molar-refractivity contribution in [2.24, 2.45) is 0 Å². The number of amides is 1. The van der Waals surface area contributed by atoms with E-state index in [0.717, 1.165) is 5.56 Å². The molecule has 2 aromatic rings. The molecule has 0 aliphatic rings. The second kappa shape index (κ2) is 9.56. The van der Waals surface area contributed by atoms with Crippen molar-refractivity contribution in [1.82, 2.24) is 5.32 Å². The topological polar surface area (TPSA) is 90.7 Å². The van der Waals surface area contributed by atoms with Gasteiger partial charge in [-0.3, -0.25) is 14.9 Å². The number of rotatable bonds is 9. The lowest BCUT2D eigenvalue weighted by atomic mass is 10.1. The van der Waals surface area contributed by atoms with E-state index in [1.807, 2.05) is 39.0 Å². The smallest absolute Gasteiger partial charge is 0.273 e. The van der Waals surface area contributed by atoms with Crippen LogP contribution in [-0.4, -0.2) is 24.0 Å². The molecular formula is C20H24N2O5. The molecule has 7 heteroatoms. The zero-order chi connectivity index (χ0) is 19.8. The van der Waals surface area contributed by atoms with Crippen molar-refractivity contribution in [2.45, 2.75) is 33.2 Å². The molecule has 2 rings (SSSR count). The number of carbonyl (C=O) groups is 1. The molecular weight excluding hydrogens is 348 g/mol. The van der Waals surface area contributed by atoms with Crippen LogP contribution in [0.3, 0.4) is 0 Å². The van der Waals surface area contributed by atoms with Gasteiger partial charge in [-0.2, -0.15) is 0 Å². The van der Waals surface area contributed by atoms with Crippen LogP contribution in [0.25, 0.3) is 0 Å². The summed E-state index contributed by atoms with van der Waals surface area (Å²) in [7, 11) is 0. The molecule has 1 atom stereocenters. The predicted molar refractivity (Wildman–Crippen MR) is 102 cm³/mol. The van der Waals surface area contributed by atoms with Gasteiger partial charge in [-0.05, 0) is 38.5 Å². The van der Waals surface area contributed by atoms with Crippen LogP contribution in [0, 0.1) is 10.1 Å². The van der Waals surface area contributed by atoms with Crippen molar-refractivity contribution in [3.63, 3.8) is 0 Å². The average Bonchev–Trinajstić information content (AvgIpc) is 2.63. The van der Waals surface area contributed by atoms with E-state index >= 15 is 0 Å². The molecule has 0 aliphatic heterocycles. The van der Waals surface area contributed by atoms with Gasteiger partial charge in [-0.25, -0.2) is 0 Å². The molecule has 0 fully saturated rings. The van der Waals surface area contributed by atoms with Crippen LogP contribution in [0.5, 0.6) is 11.5 Å². The summed E-state index contributed by atoms with van der Waals surface area (Å²) < 4.78 is 11.2. The Labute approximate surface area is 158 Å². The summed E-state index contributed by atoms with van der Waals surface area (Å²) in [6.45, 7) is 6.67. The number of carbonyl (C=O) groups excluding carboxylic acids is 1. The molecule has 0 heterocycles. The fraction of sp³-hybridized carbons (Fsp3) is 0.350. The second-order valence-corrected chi connectivity index (χ2v) is 5.92. The average molecular weight is 372 g/mol. The Hall–Kier alpha value is -3.09. The number of para-hydroxylation sites is 1. The van der Waals surface area contributed by atoms with Crippen LogP contribution in [0.1, 0.15) is 37.9 Å². The molecule has 0 saturated carbocycles. The summed E-state index contributed by atoms with van der Waals surface area (Å²) in [5.74, 6) is 0.988. The van der Waals surface area contributed by atoms with Crippen molar-refractivity contribution in [3.8, 4) is 11.5 Å². The molecule has 144 valence electrons. The first-order chi connectivity index (χ1) is 13.0. The standard InChI is InChI=1S/C20H24N2O5/c1-4-26-18-11-10-15(12-19(18)27-5-2)14(3)21-20(23)13-16-8-6-7-9-17(16)22(24)25/h6-12,14H,4-5,13H2,1-3H3,(H,21,23). The molecule has 1 amide bonds. The molecule has 1 unspecified atom stereocenters. The lowest BCUT2D eigenvalue weighted by Crippen LogP contribution is -2.28. The maximum Gasteiger partial charge on any atom is 0.273 e. The summed E-state index contributed by atoms with van der Waals surface area (Å²) in [6, 6.07) is 11.5. The van der Waals surface area contributed by atoms with E-state index in [1.54, 1.807) is 18.2 Å². The van der Waals surface area contributed by atoms with Gasteiger partial charge in [0.1, 0.15) is 0 Å². The second-order valence-electron chi connectivity index (χ2n) is 5.92. The lowest BCUT2D eigenvalue weighted by molar-refractivity contribution is -0.385. The highest BCUT2D eigenvalue weighted by Gasteiger charge is 2.18. The number of hydrogen-bond acceptors (Lipinski definition) is 5. The van der Waals surface area contributed by atoms with Crippen molar-refractivity contribution >= 4 is 11.6 Å². The molecule has 0 spiro atoms. The molecule has 1 N–H and O–H groups in total. The van der Waals surface area contributed by atoms with E-state index in [4.69, 9.17) is 9.47 Å². The van der Waals surface area contributed by atoms with E-state index in [0.29, 0.717) is 30.3 Å². The number of benzene rings is 2. The van der Waals surface area contributed by atoms with E-state index in [9.17, 15) is 14.9 Å². The van der Waals surface area contributed by atoms with Gasteiger partial charge in [-0.15, -0.1) is 0 Å². The van der Waals surface area contributed by atoms with Crippen LogP contribution < -0.4 is 14.8 Å². The quantitative estimate of drug-likeness (QED) is 0.534. The largest absolute Gasteiger partial charge is 0.490 e. The molecule has 0 saturated heterocycles. The van der Waals surface area contributed by atoms with E-state index in [2.05, 4.69) is 5.32 Å². The van der Waals surface area contributed by atoms with E-state index in [-0.39, 0.29) is 24.1 Å². The van der Waals surface area contributed by atoms with E-state index in [1.165, 1.54) is 6.07 Å². The van der Waals surface area contributed by atoms with Crippen LogP contribution in [0.4, 0.5) is 5.69 Å². The first-order valence-electron chi connectivity index (χ1n) is 8.87. The first kappa shape index (κ1) is 20.2. The summed E-state index contributed by atoms with van der Waals surface area (Å²) in [5, 5.41) is 14.0. The number of nitrogens with one attached hydrogen (secondary N) is 1. The van der Waals surface area contributed by atoms with Crippen molar-refractivity contribution in [2.75, 3.05) is 13.2 Å². The lowest BCUT2D eigenvalue weighted by Gasteiger charge is -2.17. The molecule has 0 radical (unpaired) electrons. The zero-order valence-corrected chi connectivity index (χ0v) is 15.7. The Morgan fingerprint density at radius 1 is 1.11 bits per heavy atom. The monoisotopic (exact) mass is 372 g/mol. The predicted octanol–water partition coefficient (Wildman–Crippen LogP) is 3.81. The maximum atomic E-state index is 12.4. The van der Waals surface area contributed by atoms with Gasteiger partial charge in [0.2, 0.25) is 5.91 Å². The van der Waals surface area contributed by atoms with Crippen LogP contribution >= 0.6 is 0 Å².